The van der Waals surface area contributed by atoms with Gasteiger partial charge in [-0.05, 0) is 57.6 Å². The normalized spacial score (nSPS) is 28.1. The van der Waals surface area contributed by atoms with E-state index in [1.54, 1.807) is 0 Å². The van der Waals surface area contributed by atoms with Crippen LogP contribution in [0.1, 0.15) is 50.8 Å². The number of anilines is 1. The Hall–Kier alpha value is -1.09. The SMILES string of the molecule is CC1CCCC(C)N1Nc1ccc2c(n1)CCC2. The molecule has 3 rings (SSSR count). The summed E-state index contributed by atoms with van der Waals surface area (Å²) in [6.07, 6.45) is 7.53. The number of aryl methyl sites for hydroxylation is 2. The lowest BCUT2D eigenvalue weighted by molar-refractivity contribution is 0.135. The van der Waals surface area contributed by atoms with Crippen molar-refractivity contribution in [3.63, 3.8) is 0 Å². The standard InChI is InChI=1S/C15H23N3/c1-11-5-3-6-12(2)18(11)17-15-10-9-13-7-4-8-14(13)16-15/h9-12H,3-8H2,1-2H3,(H,16,17). The number of piperidine rings is 1. The molecule has 0 radical (unpaired) electrons. The van der Waals surface area contributed by atoms with Crippen LogP contribution in [0.25, 0.3) is 0 Å². The minimum absolute atomic E-state index is 0.601. The minimum atomic E-state index is 0.601. The van der Waals surface area contributed by atoms with Crippen molar-refractivity contribution in [2.24, 2.45) is 0 Å². The molecule has 0 bridgehead atoms. The zero-order valence-electron chi connectivity index (χ0n) is 11.4. The van der Waals surface area contributed by atoms with E-state index in [0.717, 1.165) is 12.2 Å². The number of hydrazine groups is 1. The van der Waals surface area contributed by atoms with Gasteiger partial charge in [-0.3, -0.25) is 0 Å². The second kappa shape index (κ2) is 4.88. The Morgan fingerprint density at radius 2 is 1.89 bits per heavy atom. The number of aromatic nitrogens is 1. The molecule has 3 nitrogen and oxygen atoms in total. The molecular weight excluding hydrogens is 222 g/mol. The summed E-state index contributed by atoms with van der Waals surface area (Å²) in [4.78, 5) is 4.76. The first-order valence-electron chi connectivity index (χ1n) is 7.28. The van der Waals surface area contributed by atoms with Gasteiger partial charge >= 0.3 is 0 Å². The molecule has 1 aromatic rings. The largest absolute Gasteiger partial charge is 0.303 e. The zero-order valence-corrected chi connectivity index (χ0v) is 11.4. The molecule has 1 aliphatic carbocycles. The van der Waals surface area contributed by atoms with Crippen LogP contribution in [0.3, 0.4) is 0 Å². The summed E-state index contributed by atoms with van der Waals surface area (Å²) in [5.41, 5.74) is 6.28. The third-order valence-corrected chi connectivity index (χ3v) is 4.37. The molecule has 18 heavy (non-hydrogen) atoms. The number of nitrogens with one attached hydrogen (secondary N) is 1. The molecule has 0 spiro atoms. The van der Waals surface area contributed by atoms with Gasteiger partial charge in [-0.15, -0.1) is 0 Å². The van der Waals surface area contributed by atoms with Crippen LogP contribution in [-0.2, 0) is 12.8 Å². The topological polar surface area (TPSA) is 28.2 Å². The second-order valence-corrected chi connectivity index (χ2v) is 5.80. The van der Waals surface area contributed by atoms with Crippen LogP contribution in [0, 0.1) is 0 Å². The number of hydrogen-bond acceptors (Lipinski definition) is 3. The Balaban J connectivity index is 1.75. The average Bonchev–Trinajstić information content (AvgIpc) is 2.81. The molecule has 2 unspecified atom stereocenters. The van der Waals surface area contributed by atoms with Crippen LogP contribution in [0.5, 0.6) is 0 Å². The molecule has 2 atom stereocenters. The summed E-state index contributed by atoms with van der Waals surface area (Å²) in [5, 5.41) is 2.38. The monoisotopic (exact) mass is 245 g/mol. The lowest BCUT2D eigenvalue weighted by atomic mass is 10.00. The number of nitrogens with zero attached hydrogens (tertiary/aromatic N) is 2. The summed E-state index contributed by atoms with van der Waals surface area (Å²) in [6, 6.07) is 5.59. The molecule has 98 valence electrons. The van der Waals surface area contributed by atoms with Gasteiger partial charge in [0.2, 0.25) is 0 Å². The Morgan fingerprint density at radius 1 is 1.11 bits per heavy atom. The third kappa shape index (κ3) is 2.24. The van der Waals surface area contributed by atoms with Crippen molar-refractivity contribution in [3.05, 3.63) is 23.4 Å². The van der Waals surface area contributed by atoms with Crippen LogP contribution in [0.2, 0.25) is 0 Å². The van der Waals surface area contributed by atoms with E-state index in [0.29, 0.717) is 12.1 Å². The van der Waals surface area contributed by atoms with Gasteiger partial charge in [0.05, 0.1) is 0 Å². The van der Waals surface area contributed by atoms with Gasteiger partial charge in [-0.2, -0.15) is 0 Å². The van der Waals surface area contributed by atoms with Gasteiger partial charge in [-0.1, -0.05) is 12.5 Å². The maximum absolute atomic E-state index is 4.76. The fraction of sp³-hybridized carbons (Fsp3) is 0.667. The van der Waals surface area contributed by atoms with Gasteiger partial charge in [0.25, 0.3) is 0 Å². The second-order valence-electron chi connectivity index (χ2n) is 5.80. The number of pyridine rings is 1. The lowest BCUT2D eigenvalue weighted by Crippen LogP contribution is -2.47. The molecule has 0 aromatic carbocycles. The van der Waals surface area contributed by atoms with Gasteiger partial charge in [-0.25, -0.2) is 9.99 Å². The summed E-state index contributed by atoms with van der Waals surface area (Å²) < 4.78 is 0. The number of hydrogen-bond donors (Lipinski definition) is 1. The van der Waals surface area contributed by atoms with Gasteiger partial charge < -0.3 is 5.43 Å². The van der Waals surface area contributed by atoms with E-state index >= 15 is 0 Å². The number of fused-ring (bicyclic) bond motifs is 1. The molecule has 2 heterocycles. The fourth-order valence-corrected chi connectivity index (χ4v) is 3.26. The van der Waals surface area contributed by atoms with Crippen molar-refractivity contribution in [1.29, 1.82) is 0 Å². The van der Waals surface area contributed by atoms with Gasteiger partial charge in [0.15, 0.2) is 0 Å². The molecule has 3 heteroatoms. The molecule has 1 saturated heterocycles. The lowest BCUT2D eigenvalue weighted by Gasteiger charge is -2.39. The van der Waals surface area contributed by atoms with E-state index in [9.17, 15) is 0 Å². The van der Waals surface area contributed by atoms with Crippen molar-refractivity contribution in [3.8, 4) is 0 Å². The predicted octanol–water partition coefficient (Wildman–Crippen LogP) is 3.16. The van der Waals surface area contributed by atoms with E-state index < -0.39 is 0 Å². The Labute approximate surface area is 110 Å². The van der Waals surface area contributed by atoms with Crippen molar-refractivity contribution in [1.82, 2.24) is 9.99 Å². The van der Waals surface area contributed by atoms with E-state index in [1.807, 2.05) is 0 Å². The van der Waals surface area contributed by atoms with Crippen molar-refractivity contribution in [2.75, 3.05) is 5.43 Å². The van der Waals surface area contributed by atoms with Crippen LogP contribution in [0.4, 0.5) is 5.82 Å². The smallest absolute Gasteiger partial charge is 0.140 e. The van der Waals surface area contributed by atoms with E-state index in [-0.39, 0.29) is 0 Å². The summed E-state index contributed by atoms with van der Waals surface area (Å²) in [7, 11) is 0. The first-order chi connectivity index (χ1) is 8.74. The highest BCUT2D eigenvalue weighted by molar-refractivity contribution is 5.39. The maximum atomic E-state index is 4.76. The average molecular weight is 245 g/mol. The van der Waals surface area contributed by atoms with Crippen molar-refractivity contribution < 1.29 is 0 Å². The fourth-order valence-electron chi connectivity index (χ4n) is 3.26. The first kappa shape index (κ1) is 12.0. The van der Waals surface area contributed by atoms with Crippen molar-refractivity contribution in [2.45, 2.75) is 64.5 Å². The van der Waals surface area contributed by atoms with Gasteiger partial charge in [0, 0.05) is 17.8 Å². The van der Waals surface area contributed by atoms with Crippen molar-refractivity contribution >= 4 is 5.82 Å². The Bertz CT molecular complexity index is 420. The van der Waals surface area contributed by atoms with Crippen LogP contribution >= 0.6 is 0 Å². The van der Waals surface area contributed by atoms with Crippen LogP contribution in [0.15, 0.2) is 12.1 Å². The maximum Gasteiger partial charge on any atom is 0.140 e. The Morgan fingerprint density at radius 3 is 2.67 bits per heavy atom. The number of rotatable bonds is 2. The zero-order chi connectivity index (χ0) is 12.5. The first-order valence-corrected chi connectivity index (χ1v) is 7.28. The molecule has 1 aromatic heterocycles. The quantitative estimate of drug-likeness (QED) is 0.867. The van der Waals surface area contributed by atoms with Crippen LogP contribution in [-0.4, -0.2) is 22.1 Å². The highest BCUT2D eigenvalue weighted by atomic mass is 15.5. The van der Waals surface area contributed by atoms with E-state index in [1.165, 1.54) is 43.4 Å². The summed E-state index contributed by atoms with van der Waals surface area (Å²) >= 11 is 0. The molecule has 1 N–H and O–H groups in total. The minimum Gasteiger partial charge on any atom is -0.303 e. The predicted molar refractivity (Wildman–Crippen MR) is 74.5 cm³/mol. The molecule has 0 amide bonds. The van der Waals surface area contributed by atoms with E-state index in [2.05, 4.69) is 36.4 Å². The van der Waals surface area contributed by atoms with Crippen LogP contribution < -0.4 is 5.43 Å². The molecular formula is C15H23N3. The summed E-state index contributed by atoms with van der Waals surface area (Å²) in [6.45, 7) is 4.60. The highest BCUT2D eigenvalue weighted by Gasteiger charge is 2.25. The molecule has 2 aliphatic rings. The molecule has 0 saturated carbocycles. The highest BCUT2D eigenvalue weighted by Crippen LogP contribution is 2.25. The van der Waals surface area contributed by atoms with E-state index in [4.69, 9.17) is 4.98 Å². The third-order valence-electron chi connectivity index (χ3n) is 4.37. The molecule has 1 fully saturated rings. The summed E-state index contributed by atoms with van der Waals surface area (Å²) in [5.74, 6) is 1.02. The van der Waals surface area contributed by atoms with Gasteiger partial charge in [0.1, 0.15) is 5.82 Å². The molecule has 1 aliphatic heterocycles. The Kier molecular flexibility index (Phi) is 3.25.